The molecule has 0 radical (unpaired) electrons. The molecule has 0 N–H and O–H groups in total. The van der Waals surface area contributed by atoms with Crippen molar-refractivity contribution in [1.29, 1.82) is 0 Å². The lowest BCUT2D eigenvalue weighted by atomic mass is 9.84. The Morgan fingerprint density at radius 2 is 1.81 bits per heavy atom. The first kappa shape index (κ1) is 11.2. The number of hydrogen-bond acceptors (Lipinski definition) is 2. The smallest absolute Gasteiger partial charge is 0.339 e. The minimum absolute atomic E-state index is 0.0576. The third kappa shape index (κ3) is 1.62. The van der Waals surface area contributed by atoms with E-state index in [1.807, 2.05) is 26.0 Å². The fourth-order valence-corrected chi connectivity index (χ4v) is 2.05. The van der Waals surface area contributed by atoms with Crippen LogP contribution in [-0.2, 0) is 15.8 Å². The summed E-state index contributed by atoms with van der Waals surface area (Å²) >= 11 is 0. The fourth-order valence-electron chi connectivity index (χ4n) is 2.05. The van der Waals surface area contributed by atoms with Gasteiger partial charge in [-0.1, -0.05) is 32.9 Å². The highest BCUT2D eigenvalue weighted by molar-refractivity contribution is 5.94. The topological polar surface area (TPSA) is 26.3 Å². The summed E-state index contributed by atoms with van der Waals surface area (Å²) in [5, 5.41) is 0. The Kier molecular flexibility index (Phi) is 2.16. The summed E-state index contributed by atoms with van der Waals surface area (Å²) in [6.07, 6.45) is 0. The summed E-state index contributed by atoms with van der Waals surface area (Å²) < 4.78 is 5.35. The van der Waals surface area contributed by atoms with Gasteiger partial charge in [0, 0.05) is 5.56 Å². The number of carbonyl (C=O) groups is 1. The van der Waals surface area contributed by atoms with Crippen LogP contribution in [0.2, 0.25) is 0 Å². The monoisotopic (exact) mass is 218 g/mol. The zero-order valence-electron chi connectivity index (χ0n) is 10.5. The van der Waals surface area contributed by atoms with E-state index in [9.17, 15) is 4.79 Å². The van der Waals surface area contributed by atoms with Crippen LogP contribution < -0.4 is 0 Å². The first-order valence-electron chi connectivity index (χ1n) is 5.60. The van der Waals surface area contributed by atoms with Gasteiger partial charge < -0.3 is 4.74 Å². The van der Waals surface area contributed by atoms with E-state index in [0.29, 0.717) is 0 Å². The maximum absolute atomic E-state index is 11.7. The minimum atomic E-state index is -0.483. The van der Waals surface area contributed by atoms with Gasteiger partial charge in [0.1, 0.15) is 5.60 Å². The number of ether oxygens (including phenoxy) is 1. The number of cyclic esters (lactones) is 1. The minimum Gasteiger partial charge on any atom is -0.451 e. The van der Waals surface area contributed by atoms with Crippen molar-refractivity contribution in [2.75, 3.05) is 0 Å². The number of benzene rings is 1. The lowest BCUT2D eigenvalue weighted by Crippen LogP contribution is -2.16. The molecule has 86 valence electrons. The van der Waals surface area contributed by atoms with E-state index in [1.165, 1.54) is 5.56 Å². The molecule has 0 saturated carbocycles. The number of fused-ring (bicyclic) bond motifs is 1. The van der Waals surface area contributed by atoms with Crippen molar-refractivity contribution in [3.8, 4) is 0 Å². The predicted octanol–water partition coefficient (Wildman–Crippen LogP) is 3.39. The van der Waals surface area contributed by atoms with E-state index >= 15 is 0 Å². The maximum Gasteiger partial charge on any atom is 0.339 e. The SMILES string of the molecule is CC(C)(C)c1ccc2c(c1)C(=O)OC2(C)C. The van der Waals surface area contributed by atoms with Gasteiger partial charge in [-0.15, -0.1) is 0 Å². The van der Waals surface area contributed by atoms with Crippen molar-refractivity contribution in [2.24, 2.45) is 0 Å². The van der Waals surface area contributed by atoms with Gasteiger partial charge in [-0.3, -0.25) is 0 Å². The van der Waals surface area contributed by atoms with E-state index in [2.05, 4.69) is 26.8 Å². The van der Waals surface area contributed by atoms with Crippen molar-refractivity contribution in [1.82, 2.24) is 0 Å². The molecule has 0 amide bonds. The lowest BCUT2D eigenvalue weighted by Gasteiger charge is -2.21. The highest BCUT2D eigenvalue weighted by Crippen LogP contribution is 2.37. The number of carbonyl (C=O) groups excluding carboxylic acids is 1. The summed E-state index contributed by atoms with van der Waals surface area (Å²) in [6.45, 7) is 10.3. The van der Waals surface area contributed by atoms with Crippen LogP contribution in [0.25, 0.3) is 0 Å². The standard InChI is InChI=1S/C14H18O2/c1-13(2,3)9-6-7-11-10(8-9)12(15)16-14(11,4)5/h6-8H,1-5H3. The van der Waals surface area contributed by atoms with Gasteiger partial charge in [0.05, 0.1) is 5.56 Å². The van der Waals surface area contributed by atoms with Gasteiger partial charge in [0.2, 0.25) is 0 Å². The van der Waals surface area contributed by atoms with Crippen molar-refractivity contribution in [3.05, 3.63) is 34.9 Å². The van der Waals surface area contributed by atoms with Gasteiger partial charge in [0.15, 0.2) is 0 Å². The molecule has 1 heterocycles. The van der Waals surface area contributed by atoms with Crippen molar-refractivity contribution < 1.29 is 9.53 Å². The normalized spacial score (nSPS) is 18.2. The second-order valence-electron chi connectivity index (χ2n) is 5.91. The van der Waals surface area contributed by atoms with Gasteiger partial charge in [0.25, 0.3) is 0 Å². The largest absolute Gasteiger partial charge is 0.451 e. The number of rotatable bonds is 0. The average Bonchev–Trinajstić information content (AvgIpc) is 2.36. The number of hydrogen-bond donors (Lipinski definition) is 0. The van der Waals surface area contributed by atoms with Crippen LogP contribution in [0.1, 0.15) is 56.1 Å². The summed E-state index contributed by atoms with van der Waals surface area (Å²) in [6, 6.07) is 6.07. The second kappa shape index (κ2) is 3.09. The molecule has 2 heteroatoms. The Labute approximate surface area is 96.6 Å². The molecule has 1 aliphatic rings. The Hall–Kier alpha value is -1.31. The fraction of sp³-hybridized carbons (Fsp3) is 0.500. The lowest BCUT2D eigenvalue weighted by molar-refractivity contribution is 0.00954. The molecule has 0 saturated heterocycles. The molecule has 2 rings (SSSR count). The molecular formula is C14H18O2. The first-order chi connectivity index (χ1) is 7.22. The molecule has 0 bridgehead atoms. The molecule has 0 atom stereocenters. The molecule has 0 fully saturated rings. The Balaban J connectivity index is 2.57. The molecule has 0 aliphatic carbocycles. The quantitative estimate of drug-likeness (QED) is 0.624. The molecule has 1 aromatic rings. The molecular weight excluding hydrogens is 200 g/mol. The zero-order chi connectivity index (χ0) is 12.1. The van der Waals surface area contributed by atoms with E-state index in [0.717, 1.165) is 11.1 Å². The molecule has 2 nitrogen and oxygen atoms in total. The molecule has 0 spiro atoms. The van der Waals surface area contributed by atoms with Crippen molar-refractivity contribution in [3.63, 3.8) is 0 Å². The van der Waals surface area contributed by atoms with Gasteiger partial charge in [-0.05, 0) is 30.9 Å². The molecule has 16 heavy (non-hydrogen) atoms. The third-order valence-corrected chi connectivity index (χ3v) is 3.10. The molecule has 0 aromatic heterocycles. The van der Waals surface area contributed by atoms with E-state index < -0.39 is 5.60 Å². The van der Waals surface area contributed by atoms with E-state index in [-0.39, 0.29) is 11.4 Å². The summed E-state index contributed by atoms with van der Waals surface area (Å²) in [5.41, 5.74) is 2.45. The van der Waals surface area contributed by atoms with Gasteiger partial charge >= 0.3 is 5.97 Å². The van der Waals surface area contributed by atoms with Crippen LogP contribution in [0.15, 0.2) is 18.2 Å². The van der Waals surface area contributed by atoms with Gasteiger partial charge in [-0.2, -0.15) is 0 Å². The van der Waals surface area contributed by atoms with Crippen LogP contribution in [-0.4, -0.2) is 5.97 Å². The molecule has 1 aliphatic heterocycles. The molecule has 1 aromatic carbocycles. The Morgan fingerprint density at radius 1 is 1.19 bits per heavy atom. The third-order valence-electron chi connectivity index (χ3n) is 3.10. The summed E-state index contributed by atoms with van der Waals surface area (Å²) in [4.78, 5) is 11.7. The zero-order valence-corrected chi connectivity index (χ0v) is 10.5. The van der Waals surface area contributed by atoms with Crippen LogP contribution in [0.5, 0.6) is 0 Å². The average molecular weight is 218 g/mol. The van der Waals surface area contributed by atoms with E-state index in [4.69, 9.17) is 4.74 Å². The second-order valence-corrected chi connectivity index (χ2v) is 5.91. The van der Waals surface area contributed by atoms with Gasteiger partial charge in [-0.25, -0.2) is 4.79 Å². The van der Waals surface area contributed by atoms with E-state index in [1.54, 1.807) is 0 Å². The maximum atomic E-state index is 11.7. The Bertz CT molecular complexity index is 450. The number of esters is 1. The van der Waals surface area contributed by atoms with Crippen LogP contribution in [0.3, 0.4) is 0 Å². The van der Waals surface area contributed by atoms with Crippen LogP contribution >= 0.6 is 0 Å². The van der Waals surface area contributed by atoms with Crippen molar-refractivity contribution in [2.45, 2.75) is 45.6 Å². The summed E-state index contributed by atoms with van der Waals surface area (Å²) in [7, 11) is 0. The highest BCUT2D eigenvalue weighted by Gasteiger charge is 2.38. The first-order valence-corrected chi connectivity index (χ1v) is 5.60. The highest BCUT2D eigenvalue weighted by atomic mass is 16.6. The predicted molar refractivity (Wildman–Crippen MR) is 63.6 cm³/mol. The van der Waals surface area contributed by atoms with Crippen LogP contribution in [0, 0.1) is 0 Å². The summed E-state index contributed by atoms with van der Waals surface area (Å²) in [5.74, 6) is -0.203. The van der Waals surface area contributed by atoms with Crippen molar-refractivity contribution >= 4 is 5.97 Å². The Morgan fingerprint density at radius 3 is 2.38 bits per heavy atom. The molecule has 0 unspecified atom stereocenters. The van der Waals surface area contributed by atoms with Crippen LogP contribution in [0.4, 0.5) is 0 Å².